The van der Waals surface area contributed by atoms with E-state index in [1.54, 1.807) is 6.07 Å². The van der Waals surface area contributed by atoms with E-state index in [9.17, 15) is 9.50 Å². The van der Waals surface area contributed by atoms with E-state index >= 15 is 0 Å². The minimum Gasteiger partial charge on any atom is -0.393 e. The standard InChI is InChI=1S/C12H15FO/c1-7-5-9(13)3-4-10(7)11-6-12(14)8(11)2/h3-5,8,11-12,14H,6H2,1-2H3. The summed E-state index contributed by atoms with van der Waals surface area (Å²) in [5, 5.41) is 9.42. The number of aryl methyl sites for hydroxylation is 1. The predicted octanol–water partition coefficient (Wildman–Crippen LogP) is 2.62. The van der Waals surface area contributed by atoms with Gasteiger partial charge in [-0.3, -0.25) is 0 Å². The second-order valence-electron chi connectivity index (χ2n) is 4.27. The van der Waals surface area contributed by atoms with Gasteiger partial charge in [-0.25, -0.2) is 4.39 Å². The number of hydrogen-bond acceptors (Lipinski definition) is 1. The summed E-state index contributed by atoms with van der Waals surface area (Å²) in [5.41, 5.74) is 2.18. The fraction of sp³-hybridized carbons (Fsp3) is 0.500. The van der Waals surface area contributed by atoms with Crippen molar-refractivity contribution in [2.75, 3.05) is 0 Å². The van der Waals surface area contributed by atoms with Gasteiger partial charge in [0.25, 0.3) is 0 Å². The van der Waals surface area contributed by atoms with Crippen LogP contribution in [0.1, 0.15) is 30.4 Å². The Morgan fingerprint density at radius 2 is 2.14 bits per heavy atom. The van der Waals surface area contributed by atoms with E-state index in [1.165, 1.54) is 11.6 Å². The maximum absolute atomic E-state index is 12.9. The van der Waals surface area contributed by atoms with Gasteiger partial charge in [-0.05, 0) is 48.4 Å². The van der Waals surface area contributed by atoms with Crippen LogP contribution in [0, 0.1) is 18.7 Å². The Hall–Kier alpha value is -0.890. The maximum atomic E-state index is 12.9. The summed E-state index contributed by atoms with van der Waals surface area (Å²) < 4.78 is 12.9. The van der Waals surface area contributed by atoms with Crippen LogP contribution in [-0.4, -0.2) is 11.2 Å². The van der Waals surface area contributed by atoms with E-state index in [0.29, 0.717) is 11.8 Å². The molecule has 0 heterocycles. The quantitative estimate of drug-likeness (QED) is 0.728. The Balaban J connectivity index is 2.25. The Bertz CT molecular complexity index is 348. The summed E-state index contributed by atoms with van der Waals surface area (Å²) in [6, 6.07) is 4.91. The first-order chi connectivity index (χ1) is 6.59. The van der Waals surface area contributed by atoms with Crippen LogP contribution in [0.4, 0.5) is 4.39 Å². The zero-order chi connectivity index (χ0) is 10.3. The molecule has 14 heavy (non-hydrogen) atoms. The van der Waals surface area contributed by atoms with Crippen LogP contribution in [-0.2, 0) is 0 Å². The molecule has 1 aliphatic rings. The highest BCUT2D eigenvalue weighted by Crippen LogP contribution is 2.43. The minimum atomic E-state index is -0.182. The molecule has 2 rings (SSSR count). The predicted molar refractivity (Wildman–Crippen MR) is 53.7 cm³/mol. The Kier molecular flexibility index (Phi) is 2.31. The third kappa shape index (κ3) is 1.44. The first kappa shape index (κ1) is 9.66. The average Bonchev–Trinajstić information content (AvgIpc) is 2.15. The fourth-order valence-electron chi connectivity index (χ4n) is 2.23. The number of hydrogen-bond donors (Lipinski definition) is 1. The van der Waals surface area contributed by atoms with E-state index in [-0.39, 0.29) is 11.9 Å². The highest BCUT2D eigenvalue weighted by atomic mass is 19.1. The molecule has 3 unspecified atom stereocenters. The first-order valence-electron chi connectivity index (χ1n) is 5.03. The van der Waals surface area contributed by atoms with Crippen molar-refractivity contribution >= 4 is 0 Å². The molecule has 0 saturated heterocycles. The molecular formula is C12H15FO. The summed E-state index contributed by atoms with van der Waals surface area (Å²) in [5.74, 6) is 0.531. The van der Waals surface area contributed by atoms with Crippen molar-refractivity contribution in [2.24, 2.45) is 5.92 Å². The molecule has 0 aromatic heterocycles. The van der Waals surface area contributed by atoms with Crippen LogP contribution in [0.2, 0.25) is 0 Å². The van der Waals surface area contributed by atoms with Crippen molar-refractivity contribution in [1.29, 1.82) is 0 Å². The molecule has 1 fully saturated rings. The Morgan fingerprint density at radius 1 is 1.43 bits per heavy atom. The van der Waals surface area contributed by atoms with Crippen LogP contribution in [0.3, 0.4) is 0 Å². The molecule has 0 aliphatic heterocycles. The first-order valence-corrected chi connectivity index (χ1v) is 5.03. The lowest BCUT2D eigenvalue weighted by molar-refractivity contribution is 0.0115. The molecule has 1 aliphatic carbocycles. The molecule has 0 amide bonds. The third-order valence-electron chi connectivity index (χ3n) is 3.37. The van der Waals surface area contributed by atoms with E-state index in [2.05, 4.69) is 0 Å². The highest BCUT2D eigenvalue weighted by Gasteiger charge is 2.37. The van der Waals surface area contributed by atoms with Gasteiger partial charge in [-0.15, -0.1) is 0 Å². The second-order valence-corrected chi connectivity index (χ2v) is 4.27. The molecule has 1 saturated carbocycles. The maximum Gasteiger partial charge on any atom is 0.123 e. The van der Waals surface area contributed by atoms with Crippen LogP contribution >= 0.6 is 0 Å². The molecule has 1 aromatic carbocycles. The monoisotopic (exact) mass is 194 g/mol. The summed E-state index contributed by atoms with van der Waals surface area (Å²) in [6.45, 7) is 3.97. The van der Waals surface area contributed by atoms with Gasteiger partial charge in [0.15, 0.2) is 0 Å². The van der Waals surface area contributed by atoms with Crippen molar-refractivity contribution in [2.45, 2.75) is 32.3 Å². The van der Waals surface area contributed by atoms with Crippen molar-refractivity contribution in [1.82, 2.24) is 0 Å². The minimum absolute atomic E-state index is 0.176. The molecule has 76 valence electrons. The summed E-state index contributed by atoms with van der Waals surface area (Å²) in [6.07, 6.45) is 0.637. The Morgan fingerprint density at radius 3 is 2.64 bits per heavy atom. The zero-order valence-electron chi connectivity index (χ0n) is 8.50. The topological polar surface area (TPSA) is 20.2 Å². The van der Waals surface area contributed by atoms with Crippen molar-refractivity contribution in [3.8, 4) is 0 Å². The van der Waals surface area contributed by atoms with Gasteiger partial charge in [-0.2, -0.15) is 0 Å². The van der Waals surface area contributed by atoms with Gasteiger partial charge in [0.1, 0.15) is 5.82 Å². The normalized spacial score (nSPS) is 31.3. The van der Waals surface area contributed by atoms with Crippen molar-refractivity contribution in [3.05, 3.63) is 35.1 Å². The molecule has 1 nitrogen and oxygen atoms in total. The lowest BCUT2D eigenvalue weighted by Gasteiger charge is -2.40. The van der Waals surface area contributed by atoms with E-state index in [1.807, 2.05) is 19.9 Å². The van der Waals surface area contributed by atoms with Crippen molar-refractivity contribution in [3.63, 3.8) is 0 Å². The molecule has 1 aromatic rings. The van der Waals surface area contributed by atoms with Gasteiger partial charge < -0.3 is 5.11 Å². The lowest BCUT2D eigenvalue weighted by Crippen LogP contribution is -2.37. The smallest absolute Gasteiger partial charge is 0.123 e. The highest BCUT2D eigenvalue weighted by molar-refractivity contribution is 5.32. The van der Waals surface area contributed by atoms with Gasteiger partial charge in [0.2, 0.25) is 0 Å². The molecule has 3 atom stereocenters. The van der Waals surface area contributed by atoms with E-state index in [0.717, 1.165) is 12.0 Å². The van der Waals surface area contributed by atoms with Gasteiger partial charge >= 0.3 is 0 Å². The number of benzene rings is 1. The SMILES string of the molecule is Cc1cc(F)ccc1C1CC(O)C1C. The van der Waals surface area contributed by atoms with E-state index < -0.39 is 0 Å². The number of halogens is 1. The molecule has 2 heteroatoms. The van der Waals surface area contributed by atoms with Gasteiger partial charge in [0.05, 0.1) is 6.10 Å². The van der Waals surface area contributed by atoms with Crippen LogP contribution in [0.15, 0.2) is 18.2 Å². The van der Waals surface area contributed by atoms with Crippen LogP contribution < -0.4 is 0 Å². The number of rotatable bonds is 1. The average molecular weight is 194 g/mol. The Labute approximate surface area is 83.6 Å². The largest absolute Gasteiger partial charge is 0.393 e. The van der Waals surface area contributed by atoms with Gasteiger partial charge in [0, 0.05) is 0 Å². The molecule has 0 spiro atoms. The van der Waals surface area contributed by atoms with Crippen molar-refractivity contribution < 1.29 is 9.50 Å². The molecule has 0 radical (unpaired) electrons. The third-order valence-corrected chi connectivity index (χ3v) is 3.37. The fourth-order valence-corrected chi connectivity index (χ4v) is 2.23. The molecule has 1 N–H and O–H groups in total. The molecule has 0 bridgehead atoms. The summed E-state index contributed by atoms with van der Waals surface area (Å²) in [7, 11) is 0. The van der Waals surface area contributed by atoms with Crippen LogP contribution in [0.5, 0.6) is 0 Å². The summed E-state index contributed by atoms with van der Waals surface area (Å²) in [4.78, 5) is 0. The van der Waals surface area contributed by atoms with E-state index in [4.69, 9.17) is 0 Å². The second kappa shape index (κ2) is 3.35. The number of aliphatic hydroxyl groups excluding tert-OH is 1. The molecular weight excluding hydrogens is 179 g/mol. The van der Waals surface area contributed by atoms with Gasteiger partial charge in [-0.1, -0.05) is 13.0 Å². The zero-order valence-corrected chi connectivity index (χ0v) is 8.50. The number of aliphatic hydroxyl groups is 1. The van der Waals surface area contributed by atoms with Crippen LogP contribution in [0.25, 0.3) is 0 Å². The summed E-state index contributed by atoms with van der Waals surface area (Å²) >= 11 is 0. The lowest BCUT2D eigenvalue weighted by atomic mass is 9.68.